The molecule has 0 bridgehead atoms. The summed E-state index contributed by atoms with van der Waals surface area (Å²) >= 11 is 0. The number of halogens is 1. The molecule has 9 heteroatoms. The molecule has 1 unspecified atom stereocenters. The lowest BCUT2D eigenvalue weighted by Crippen LogP contribution is -2.55. The molecule has 3 aromatic carbocycles. The van der Waals surface area contributed by atoms with Gasteiger partial charge in [0.25, 0.3) is 0 Å². The van der Waals surface area contributed by atoms with Gasteiger partial charge < -0.3 is 9.64 Å². The van der Waals surface area contributed by atoms with E-state index in [1.54, 1.807) is 23.1 Å². The molecule has 1 saturated heterocycles. The van der Waals surface area contributed by atoms with Crippen LogP contribution < -0.4 is 9.62 Å². The Labute approximate surface area is 241 Å². The van der Waals surface area contributed by atoms with Gasteiger partial charge in [0, 0.05) is 19.2 Å². The molecule has 3 aromatic rings. The van der Waals surface area contributed by atoms with Crippen molar-refractivity contribution in [3.8, 4) is 0 Å². The molecule has 4 rings (SSSR count). The zero-order valence-electron chi connectivity index (χ0n) is 23.3. The number of benzene rings is 3. The first-order valence-corrected chi connectivity index (χ1v) is 15.5. The van der Waals surface area contributed by atoms with Crippen LogP contribution in [-0.4, -0.2) is 33.1 Å². The monoisotopic (exact) mass is 578 g/mol. The van der Waals surface area contributed by atoms with Gasteiger partial charge in [-0.15, -0.1) is 0 Å². The van der Waals surface area contributed by atoms with Gasteiger partial charge in [0.05, 0.1) is 18.2 Å². The van der Waals surface area contributed by atoms with E-state index in [1.807, 2.05) is 48.5 Å². The van der Waals surface area contributed by atoms with Crippen LogP contribution in [0.5, 0.6) is 0 Å². The molecular formula is C32H35FN2O5S. The molecule has 41 heavy (non-hydrogen) atoms. The molecule has 0 aromatic heterocycles. The first-order chi connectivity index (χ1) is 19.6. The number of sulfonamides is 1. The van der Waals surface area contributed by atoms with Crippen molar-refractivity contribution in [1.29, 1.82) is 0 Å². The minimum atomic E-state index is -3.21. The maximum Gasteiger partial charge on any atom is 0.303 e. The molecule has 7 nitrogen and oxygen atoms in total. The molecule has 1 amide bonds. The number of ether oxygens (including phenoxy) is 1. The van der Waals surface area contributed by atoms with Gasteiger partial charge in [-0.05, 0) is 72.2 Å². The fraction of sp³-hybridized carbons (Fsp3) is 0.312. The van der Waals surface area contributed by atoms with Crippen LogP contribution in [0, 0.1) is 11.7 Å². The summed E-state index contributed by atoms with van der Waals surface area (Å²) in [5.41, 5.74) is 4.46. The molecule has 1 fully saturated rings. The number of carbonyl (C=O) groups is 2. The number of rotatable bonds is 13. The maximum atomic E-state index is 13.6. The van der Waals surface area contributed by atoms with Crippen LogP contribution in [-0.2, 0) is 30.8 Å². The van der Waals surface area contributed by atoms with Crippen molar-refractivity contribution < 1.29 is 27.1 Å². The maximum absolute atomic E-state index is 13.6. The number of carbonyl (C=O) groups excluding carboxylic acids is 2. The van der Waals surface area contributed by atoms with E-state index < -0.39 is 22.1 Å². The Morgan fingerprint density at radius 2 is 1.73 bits per heavy atom. The van der Waals surface area contributed by atoms with E-state index in [0.29, 0.717) is 37.8 Å². The summed E-state index contributed by atoms with van der Waals surface area (Å²) < 4.78 is 44.1. The first kappa shape index (κ1) is 30.1. The lowest BCUT2D eigenvalue weighted by molar-refractivity contribution is -0.147. The molecule has 216 valence electrons. The highest BCUT2D eigenvalue weighted by molar-refractivity contribution is 7.88. The van der Waals surface area contributed by atoms with Crippen molar-refractivity contribution in [2.45, 2.75) is 44.8 Å². The Balaban J connectivity index is 1.51. The molecular weight excluding hydrogens is 543 g/mol. The molecule has 0 aliphatic carbocycles. The second-order valence-electron chi connectivity index (χ2n) is 10.3. The fourth-order valence-corrected chi connectivity index (χ4v) is 5.72. The van der Waals surface area contributed by atoms with Crippen molar-refractivity contribution in [3.63, 3.8) is 0 Å². The largest absolute Gasteiger partial charge is 0.458 e. The van der Waals surface area contributed by atoms with Gasteiger partial charge in [0.1, 0.15) is 11.9 Å². The predicted octanol–water partition coefficient (Wildman–Crippen LogP) is 5.74. The lowest BCUT2D eigenvalue weighted by atomic mass is 9.78. The first-order valence-electron chi connectivity index (χ1n) is 13.6. The third-order valence-electron chi connectivity index (χ3n) is 7.24. The highest BCUT2D eigenvalue weighted by Crippen LogP contribution is 2.46. The highest BCUT2D eigenvalue weighted by Gasteiger charge is 2.48. The molecule has 3 atom stereocenters. The number of hydrogen-bond acceptors (Lipinski definition) is 5. The lowest BCUT2D eigenvalue weighted by Gasteiger charge is -2.48. The molecule has 1 aliphatic rings. The average Bonchev–Trinajstić information content (AvgIpc) is 2.94. The van der Waals surface area contributed by atoms with E-state index in [4.69, 9.17) is 4.74 Å². The van der Waals surface area contributed by atoms with E-state index in [0.717, 1.165) is 28.6 Å². The summed E-state index contributed by atoms with van der Waals surface area (Å²) in [6.07, 6.45) is 4.57. The molecule has 1 N–H and O–H groups in total. The Kier molecular flexibility index (Phi) is 9.73. The molecule has 1 aliphatic heterocycles. The SMILES string of the molecule is C=Cc1ccc([C@@H]2C(CC[C@H](OC(C)=O)c3ccc(F)cc3)C(=O)N2c2ccc(CCCNS(C)(=O)=O)cc2)cc1. The van der Waals surface area contributed by atoms with Crippen LogP contribution in [0.4, 0.5) is 10.1 Å². The van der Waals surface area contributed by atoms with Crippen molar-refractivity contribution in [3.05, 3.63) is 107 Å². The summed E-state index contributed by atoms with van der Waals surface area (Å²) in [4.78, 5) is 27.2. The summed E-state index contributed by atoms with van der Waals surface area (Å²) in [7, 11) is -3.21. The number of aryl methyl sites for hydroxylation is 1. The predicted molar refractivity (Wildman–Crippen MR) is 158 cm³/mol. The van der Waals surface area contributed by atoms with Gasteiger partial charge in [-0.3, -0.25) is 9.59 Å². The van der Waals surface area contributed by atoms with Crippen LogP contribution in [0.25, 0.3) is 6.08 Å². The Bertz CT molecular complexity index is 1470. The van der Waals surface area contributed by atoms with E-state index in [2.05, 4.69) is 11.3 Å². The minimum Gasteiger partial charge on any atom is -0.458 e. The van der Waals surface area contributed by atoms with Crippen molar-refractivity contribution in [1.82, 2.24) is 4.72 Å². The van der Waals surface area contributed by atoms with Gasteiger partial charge in [-0.2, -0.15) is 0 Å². The number of anilines is 1. The summed E-state index contributed by atoms with van der Waals surface area (Å²) in [6.45, 7) is 5.52. The highest BCUT2D eigenvalue weighted by atomic mass is 32.2. The second kappa shape index (κ2) is 13.2. The normalized spacial score (nSPS) is 17.5. The second-order valence-corrected chi connectivity index (χ2v) is 12.1. The van der Waals surface area contributed by atoms with Crippen molar-refractivity contribution in [2.24, 2.45) is 5.92 Å². The van der Waals surface area contributed by atoms with Gasteiger partial charge in [0.2, 0.25) is 15.9 Å². The average molecular weight is 579 g/mol. The summed E-state index contributed by atoms with van der Waals surface area (Å²) in [6, 6.07) is 21.3. The number of β-lactam (4-membered cyclic amide) rings is 1. The quantitative estimate of drug-likeness (QED) is 0.159. The van der Waals surface area contributed by atoms with E-state index in [1.165, 1.54) is 19.1 Å². The van der Waals surface area contributed by atoms with Crippen LogP contribution in [0.3, 0.4) is 0 Å². The number of amides is 1. The summed E-state index contributed by atoms with van der Waals surface area (Å²) in [5, 5.41) is 0. The van der Waals surface area contributed by atoms with Gasteiger partial charge >= 0.3 is 5.97 Å². The van der Waals surface area contributed by atoms with E-state index in [9.17, 15) is 22.4 Å². The zero-order chi connectivity index (χ0) is 29.6. The van der Waals surface area contributed by atoms with E-state index in [-0.39, 0.29) is 23.7 Å². The number of nitrogens with zero attached hydrogens (tertiary/aromatic N) is 1. The number of esters is 1. The number of hydrogen-bond donors (Lipinski definition) is 1. The van der Waals surface area contributed by atoms with E-state index >= 15 is 0 Å². The standard InChI is InChI=1S/C32H35FN2O5S/c1-4-23-7-11-26(12-8-23)31-29(19-20-30(40-22(2)36)25-13-15-27(33)16-14-25)32(37)35(31)28-17-9-24(10-18-28)6-5-21-34-41(3,38)39/h4,7-18,29-31,34H,1,5-6,19-21H2,2-3H3/t29?,30-,31+/m0/s1. The third kappa shape index (κ3) is 7.89. The van der Waals surface area contributed by atoms with Crippen LogP contribution in [0.15, 0.2) is 79.4 Å². The van der Waals surface area contributed by atoms with Crippen LogP contribution in [0.1, 0.15) is 60.6 Å². The molecule has 0 radical (unpaired) electrons. The van der Waals surface area contributed by atoms with Crippen molar-refractivity contribution in [2.75, 3.05) is 17.7 Å². The number of nitrogens with one attached hydrogen (secondary N) is 1. The van der Waals surface area contributed by atoms with Crippen molar-refractivity contribution >= 4 is 33.7 Å². The zero-order valence-corrected chi connectivity index (χ0v) is 24.1. The van der Waals surface area contributed by atoms with Crippen LogP contribution >= 0.6 is 0 Å². The molecule has 1 heterocycles. The summed E-state index contributed by atoms with van der Waals surface area (Å²) in [5.74, 6) is -1.16. The van der Waals surface area contributed by atoms with Gasteiger partial charge in [0.15, 0.2) is 0 Å². The smallest absolute Gasteiger partial charge is 0.303 e. The fourth-order valence-electron chi connectivity index (χ4n) is 5.20. The molecule has 0 saturated carbocycles. The van der Waals surface area contributed by atoms with Crippen LogP contribution in [0.2, 0.25) is 0 Å². The third-order valence-corrected chi connectivity index (χ3v) is 7.97. The Hall–Kier alpha value is -3.82. The topological polar surface area (TPSA) is 92.8 Å². The van der Waals surface area contributed by atoms with Gasteiger partial charge in [-0.1, -0.05) is 61.2 Å². The minimum absolute atomic E-state index is 0.0198. The Morgan fingerprint density at radius 3 is 2.32 bits per heavy atom. The van der Waals surface area contributed by atoms with Gasteiger partial charge in [-0.25, -0.2) is 17.5 Å². The Morgan fingerprint density at radius 1 is 1.07 bits per heavy atom. The molecule has 0 spiro atoms.